The summed E-state index contributed by atoms with van der Waals surface area (Å²) in [5.41, 5.74) is 0.499. The highest BCUT2D eigenvalue weighted by atomic mass is 16.8. The Morgan fingerprint density at radius 1 is 1.14 bits per heavy atom. The number of benzene rings is 2. The second-order valence-corrected chi connectivity index (χ2v) is 6.43. The Morgan fingerprint density at radius 3 is 2.39 bits per heavy atom. The number of hydrogen-bond donors (Lipinski definition) is 4. The van der Waals surface area contributed by atoms with Gasteiger partial charge in [0, 0.05) is 20.0 Å². The van der Waals surface area contributed by atoms with E-state index in [9.17, 15) is 30.0 Å². The Kier molecular flexibility index (Phi) is 4.99. The van der Waals surface area contributed by atoms with Crippen LogP contribution in [-0.4, -0.2) is 44.2 Å². The number of Topliss-reactive ketones (excluding diaryl/α,β-unsaturated/α-hetero) is 1. The van der Waals surface area contributed by atoms with Crippen molar-refractivity contribution in [2.75, 3.05) is 7.05 Å². The van der Waals surface area contributed by atoms with Gasteiger partial charge in [0.2, 0.25) is 5.78 Å². The maximum absolute atomic E-state index is 12.0. The summed E-state index contributed by atoms with van der Waals surface area (Å²) in [4.78, 5) is 28.8. The van der Waals surface area contributed by atoms with Crippen LogP contribution in [0.15, 0.2) is 36.4 Å². The molecular formula is C19H19NO8. The normalized spacial score (nSPS) is 21.0. The van der Waals surface area contributed by atoms with Gasteiger partial charge in [-0.1, -0.05) is 12.1 Å². The first-order valence-electron chi connectivity index (χ1n) is 8.29. The molecule has 0 aromatic heterocycles. The molecule has 2 aromatic rings. The summed E-state index contributed by atoms with van der Waals surface area (Å²) in [5, 5.41) is 41.6. The van der Waals surface area contributed by atoms with Crippen LogP contribution in [0.1, 0.15) is 29.7 Å². The highest BCUT2D eigenvalue weighted by Crippen LogP contribution is 2.49. The molecule has 0 fully saturated rings. The van der Waals surface area contributed by atoms with Crippen LogP contribution in [0.2, 0.25) is 0 Å². The maximum atomic E-state index is 12.0. The average molecular weight is 389 g/mol. The molecule has 2 atom stereocenters. The predicted molar refractivity (Wildman–Crippen MR) is 93.8 cm³/mol. The second-order valence-electron chi connectivity index (χ2n) is 6.43. The van der Waals surface area contributed by atoms with Crippen LogP contribution in [0, 0.1) is 0 Å². The number of nitrogens with zero attached hydrogens (tertiary/aromatic N) is 1. The molecule has 1 aliphatic rings. The standard InChI is InChI=1S/C19H19NO8/c1-10(21)18(25)20(2)28-19(26)16-12(7-14(23)8-15(16)24)9-27-17(19)11-3-5-13(22)6-4-11/h3-8,17,22-24,26H,9H2,1-2H3. The Morgan fingerprint density at radius 2 is 1.79 bits per heavy atom. The zero-order chi connectivity index (χ0) is 20.6. The van der Waals surface area contributed by atoms with E-state index < -0.39 is 29.3 Å². The van der Waals surface area contributed by atoms with Gasteiger partial charge in [-0.25, -0.2) is 9.90 Å². The average Bonchev–Trinajstić information content (AvgIpc) is 2.61. The summed E-state index contributed by atoms with van der Waals surface area (Å²) in [6, 6.07) is 7.99. The number of rotatable bonds is 4. The number of ketones is 1. The molecule has 1 heterocycles. The molecule has 0 saturated heterocycles. The topological polar surface area (TPSA) is 137 Å². The first-order chi connectivity index (χ1) is 13.1. The first-order valence-corrected chi connectivity index (χ1v) is 8.29. The van der Waals surface area contributed by atoms with Crippen molar-refractivity contribution in [3.05, 3.63) is 53.1 Å². The van der Waals surface area contributed by atoms with Gasteiger partial charge in [0.1, 0.15) is 23.4 Å². The monoisotopic (exact) mass is 389 g/mol. The molecule has 0 spiro atoms. The number of phenolic OH excluding ortho intramolecular Hbond substituents is 3. The molecule has 9 heteroatoms. The number of phenols is 3. The Balaban J connectivity index is 2.13. The lowest BCUT2D eigenvalue weighted by Gasteiger charge is -2.42. The highest BCUT2D eigenvalue weighted by Gasteiger charge is 2.50. The van der Waals surface area contributed by atoms with E-state index >= 15 is 0 Å². The SMILES string of the molecule is CC(=O)C(=O)N(C)OC1(O)c2c(O)cc(O)cc2COC1c1ccc(O)cc1. The summed E-state index contributed by atoms with van der Waals surface area (Å²) in [6.45, 7) is 0.962. The summed E-state index contributed by atoms with van der Waals surface area (Å²) >= 11 is 0. The van der Waals surface area contributed by atoms with Crippen molar-refractivity contribution in [3.63, 3.8) is 0 Å². The Bertz CT molecular complexity index is 926. The molecule has 4 N–H and O–H groups in total. The predicted octanol–water partition coefficient (Wildman–Crippen LogP) is 1.20. The van der Waals surface area contributed by atoms with E-state index in [0.29, 0.717) is 10.6 Å². The van der Waals surface area contributed by atoms with Gasteiger partial charge >= 0.3 is 5.91 Å². The number of carbonyl (C=O) groups excluding carboxylic acids is 2. The van der Waals surface area contributed by atoms with Gasteiger partial charge in [-0.05, 0) is 29.3 Å². The summed E-state index contributed by atoms with van der Waals surface area (Å²) in [5.74, 6) is -5.00. The molecule has 0 aliphatic carbocycles. The van der Waals surface area contributed by atoms with Crippen molar-refractivity contribution < 1.29 is 39.6 Å². The molecule has 148 valence electrons. The van der Waals surface area contributed by atoms with Gasteiger partial charge in [-0.2, -0.15) is 0 Å². The van der Waals surface area contributed by atoms with Crippen molar-refractivity contribution >= 4 is 11.7 Å². The van der Waals surface area contributed by atoms with Crippen molar-refractivity contribution in [3.8, 4) is 17.2 Å². The molecule has 1 aliphatic heterocycles. The van der Waals surface area contributed by atoms with Crippen LogP contribution in [-0.2, 0) is 31.6 Å². The minimum Gasteiger partial charge on any atom is -0.508 e. The van der Waals surface area contributed by atoms with Crippen LogP contribution in [0.5, 0.6) is 17.2 Å². The number of hydroxylamine groups is 2. The number of hydrogen-bond acceptors (Lipinski definition) is 8. The molecule has 28 heavy (non-hydrogen) atoms. The van der Waals surface area contributed by atoms with Gasteiger partial charge in [-0.15, -0.1) is 0 Å². The Hall–Kier alpha value is -3.14. The van der Waals surface area contributed by atoms with E-state index in [2.05, 4.69) is 0 Å². The van der Waals surface area contributed by atoms with E-state index in [1.54, 1.807) is 0 Å². The van der Waals surface area contributed by atoms with Crippen molar-refractivity contribution in [2.45, 2.75) is 25.4 Å². The molecule has 0 bridgehead atoms. The van der Waals surface area contributed by atoms with Gasteiger partial charge in [0.05, 0.1) is 12.2 Å². The largest absolute Gasteiger partial charge is 0.508 e. The van der Waals surface area contributed by atoms with E-state index in [-0.39, 0.29) is 29.2 Å². The lowest BCUT2D eigenvalue weighted by molar-refractivity contribution is -0.364. The van der Waals surface area contributed by atoms with Crippen molar-refractivity contribution in [2.24, 2.45) is 0 Å². The molecule has 1 amide bonds. The summed E-state index contributed by atoms with van der Waals surface area (Å²) in [6.07, 6.45) is -1.22. The number of aromatic hydroxyl groups is 3. The third kappa shape index (κ3) is 3.38. The first kappa shape index (κ1) is 19.6. The van der Waals surface area contributed by atoms with E-state index in [1.807, 2.05) is 0 Å². The number of carbonyl (C=O) groups is 2. The van der Waals surface area contributed by atoms with Crippen LogP contribution < -0.4 is 0 Å². The van der Waals surface area contributed by atoms with E-state index in [1.165, 1.54) is 30.3 Å². The van der Waals surface area contributed by atoms with Crippen molar-refractivity contribution in [1.29, 1.82) is 0 Å². The zero-order valence-electron chi connectivity index (χ0n) is 15.1. The quantitative estimate of drug-likeness (QED) is 0.348. The summed E-state index contributed by atoms with van der Waals surface area (Å²) < 4.78 is 5.70. The lowest BCUT2D eigenvalue weighted by atomic mass is 9.88. The number of likely N-dealkylation sites (N-methyl/N-ethyl adjacent to an activating group) is 1. The smallest absolute Gasteiger partial charge is 0.313 e. The van der Waals surface area contributed by atoms with Gasteiger partial charge in [0.15, 0.2) is 0 Å². The number of fused-ring (bicyclic) bond motifs is 1. The van der Waals surface area contributed by atoms with Crippen LogP contribution >= 0.6 is 0 Å². The fraction of sp³-hybridized carbons (Fsp3) is 0.263. The van der Waals surface area contributed by atoms with Crippen LogP contribution in [0.4, 0.5) is 0 Å². The van der Waals surface area contributed by atoms with Crippen molar-refractivity contribution in [1.82, 2.24) is 5.06 Å². The second kappa shape index (κ2) is 7.12. The molecule has 2 unspecified atom stereocenters. The molecule has 0 radical (unpaired) electrons. The highest BCUT2D eigenvalue weighted by molar-refractivity contribution is 6.34. The van der Waals surface area contributed by atoms with E-state index in [0.717, 1.165) is 20.0 Å². The molecule has 0 saturated carbocycles. The van der Waals surface area contributed by atoms with Gasteiger partial charge in [-0.3, -0.25) is 9.59 Å². The lowest BCUT2D eigenvalue weighted by Crippen LogP contribution is -2.48. The molecule has 9 nitrogen and oxygen atoms in total. The Labute approximate surface area is 159 Å². The minimum absolute atomic E-state index is 0.0129. The molecular weight excluding hydrogens is 370 g/mol. The van der Waals surface area contributed by atoms with Crippen LogP contribution in [0.25, 0.3) is 0 Å². The van der Waals surface area contributed by atoms with Gasteiger partial charge < -0.3 is 25.2 Å². The fourth-order valence-corrected chi connectivity index (χ4v) is 3.15. The summed E-state index contributed by atoms with van der Waals surface area (Å²) in [7, 11) is 1.14. The third-order valence-corrected chi connectivity index (χ3v) is 4.36. The number of ether oxygens (including phenoxy) is 1. The van der Waals surface area contributed by atoms with Gasteiger partial charge in [0.25, 0.3) is 5.79 Å². The van der Waals surface area contributed by atoms with E-state index in [4.69, 9.17) is 9.57 Å². The minimum atomic E-state index is -2.41. The zero-order valence-corrected chi connectivity index (χ0v) is 15.1. The molecule has 3 rings (SSSR count). The molecule has 2 aromatic carbocycles. The number of amides is 1. The maximum Gasteiger partial charge on any atom is 0.313 e. The third-order valence-electron chi connectivity index (χ3n) is 4.36. The fourth-order valence-electron chi connectivity index (χ4n) is 3.15. The number of aliphatic hydroxyl groups is 1. The van der Waals surface area contributed by atoms with Crippen LogP contribution in [0.3, 0.4) is 0 Å².